The fraction of sp³-hybridized carbons (Fsp3) is 0.133. The number of ether oxygens (including phenoxy) is 1. The molecule has 0 radical (unpaired) electrons. The zero-order valence-electron chi connectivity index (χ0n) is 9.95. The summed E-state index contributed by atoms with van der Waals surface area (Å²) in [5.41, 5.74) is 2.25. The Hall–Kier alpha value is -1.32. The Labute approximate surface area is 124 Å². The quantitative estimate of drug-likeness (QED) is 0.765. The SMILES string of the molecule is O=C(c1ccc2c(c1)CCO2)c1ccc(Br)cc1Cl. The van der Waals surface area contributed by atoms with Crippen LogP contribution < -0.4 is 4.74 Å². The van der Waals surface area contributed by atoms with Gasteiger partial charge in [-0.15, -0.1) is 0 Å². The van der Waals surface area contributed by atoms with Crippen molar-refractivity contribution in [3.05, 3.63) is 62.6 Å². The van der Waals surface area contributed by atoms with Crippen molar-refractivity contribution in [3.8, 4) is 5.75 Å². The zero-order chi connectivity index (χ0) is 13.4. The van der Waals surface area contributed by atoms with Crippen LogP contribution in [-0.2, 0) is 6.42 Å². The summed E-state index contributed by atoms with van der Waals surface area (Å²) in [5.74, 6) is 0.811. The third kappa shape index (κ3) is 2.40. The molecule has 19 heavy (non-hydrogen) atoms. The van der Waals surface area contributed by atoms with E-state index in [4.69, 9.17) is 16.3 Å². The molecule has 1 aliphatic rings. The Morgan fingerprint density at radius 2 is 2.05 bits per heavy atom. The van der Waals surface area contributed by atoms with Crippen LogP contribution in [0.2, 0.25) is 5.02 Å². The van der Waals surface area contributed by atoms with Crippen molar-refractivity contribution in [1.82, 2.24) is 0 Å². The number of fused-ring (bicyclic) bond motifs is 1. The summed E-state index contributed by atoms with van der Waals surface area (Å²) in [6, 6.07) is 10.8. The van der Waals surface area contributed by atoms with E-state index in [2.05, 4.69) is 15.9 Å². The summed E-state index contributed by atoms with van der Waals surface area (Å²) in [6.45, 7) is 0.687. The number of ketones is 1. The van der Waals surface area contributed by atoms with Gasteiger partial charge in [-0.1, -0.05) is 27.5 Å². The molecule has 1 aliphatic heterocycles. The first-order valence-corrected chi connectivity index (χ1v) is 7.08. The zero-order valence-corrected chi connectivity index (χ0v) is 12.3. The average molecular weight is 338 g/mol. The highest BCUT2D eigenvalue weighted by molar-refractivity contribution is 9.10. The molecule has 96 valence electrons. The minimum Gasteiger partial charge on any atom is -0.493 e. The van der Waals surface area contributed by atoms with E-state index in [1.54, 1.807) is 18.2 Å². The first-order chi connectivity index (χ1) is 9.15. The Bertz CT molecular complexity index is 667. The topological polar surface area (TPSA) is 26.3 Å². The van der Waals surface area contributed by atoms with Gasteiger partial charge in [0.25, 0.3) is 0 Å². The van der Waals surface area contributed by atoms with Crippen LogP contribution in [0.4, 0.5) is 0 Å². The third-order valence-electron chi connectivity index (χ3n) is 3.13. The maximum Gasteiger partial charge on any atom is 0.194 e. The lowest BCUT2D eigenvalue weighted by Crippen LogP contribution is -2.02. The molecular weight excluding hydrogens is 328 g/mol. The molecule has 0 aromatic heterocycles. The molecule has 0 unspecified atom stereocenters. The molecule has 2 aromatic carbocycles. The van der Waals surface area contributed by atoms with Crippen LogP contribution in [0.25, 0.3) is 0 Å². The van der Waals surface area contributed by atoms with Gasteiger partial charge in [0, 0.05) is 22.0 Å². The van der Waals surface area contributed by atoms with Gasteiger partial charge in [-0.2, -0.15) is 0 Å². The molecule has 3 rings (SSSR count). The fourth-order valence-corrected chi connectivity index (χ4v) is 2.92. The minimum absolute atomic E-state index is 0.0628. The fourth-order valence-electron chi connectivity index (χ4n) is 2.16. The van der Waals surface area contributed by atoms with Crippen molar-refractivity contribution in [2.24, 2.45) is 0 Å². The molecule has 0 bridgehead atoms. The lowest BCUT2D eigenvalue weighted by Gasteiger charge is -2.06. The van der Waals surface area contributed by atoms with E-state index in [1.807, 2.05) is 18.2 Å². The van der Waals surface area contributed by atoms with Gasteiger partial charge in [0.2, 0.25) is 0 Å². The van der Waals surface area contributed by atoms with Crippen molar-refractivity contribution in [1.29, 1.82) is 0 Å². The standard InChI is InChI=1S/C15H10BrClO2/c16-11-2-3-12(13(17)8-11)15(18)10-1-4-14-9(7-10)5-6-19-14/h1-4,7-8H,5-6H2. The molecule has 0 fully saturated rings. The van der Waals surface area contributed by atoms with Crippen molar-refractivity contribution in [2.45, 2.75) is 6.42 Å². The van der Waals surface area contributed by atoms with Crippen molar-refractivity contribution >= 4 is 33.3 Å². The van der Waals surface area contributed by atoms with E-state index in [-0.39, 0.29) is 5.78 Å². The summed E-state index contributed by atoms with van der Waals surface area (Å²) in [6.07, 6.45) is 0.852. The average Bonchev–Trinajstić information content (AvgIpc) is 2.85. The number of benzene rings is 2. The van der Waals surface area contributed by atoms with Gasteiger partial charge in [0.05, 0.1) is 11.6 Å². The normalized spacial score (nSPS) is 12.9. The van der Waals surface area contributed by atoms with Gasteiger partial charge < -0.3 is 4.74 Å². The first-order valence-electron chi connectivity index (χ1n) is 5.90. The molecule has 4 heteroatoms. The molecule has 0 amide bonds. The smallest absolute Gasteiger partial charge is 0.194 e. The van der Waals surface area contributed by atoms with Crippen LogP contribution in [0, 0.1) is 0 Å². The summed E-state index contributed by atoms with van der Waals surface area (Å²) in [4.78, 5) is 12.4. The molecule has 1 heterocycles. The molecule has 0 saturated carbocycles. The van der Waals surface area contributed by atoms with E-state index in [1.165, 1.54) is 0 Å². The van der Waals surface area contributed by atoms with Crippen molar-refractivity contribution in [2.75, 3.05) is 6.61 Å². The monoisotopic (exact) mass is 336 g/mol. The number of halogens is 2. The first kappa shape index (κ1) is 12.7. The largest absolute Gasteiger partial charge is 0.493 e. The van der Waals surface area contributed by atoms with Crippen LogP contribution in [0.15, 0.2) is 40.9 Å². The number of hydrogen-bond acceptors (Lipinski definition) is 2. The highest BCUT2D eigenvalue weighted by Crippen LogP contribution is 2.28. The number of hydrogen-bond donors (Lipinski definition) is 0. The van der Waals surface area contributed by atoms with Crippen LogP contribution in [-0.4, -0.2) is 12.4 Å². The van der Waals surface area contributed by atoms with E-state index in [0.717, 1.165) is 22.2 Å². The summed E-state index contributed by atoms with van der Waals surface area (Å²) in [5, 5.41) is 0.455. The molecule has 2 aromatic rings. The molecule has 0 N–H and O–H groups in total. The lowest BCUT2D eigenvalue weighted by atomic mass is 10.0. The highest BCUT2D eigenvalue weighted by atomic mass is 79.9. The van der Waals surface area contributed by atoms with Gasteiger partial charge in [-0.05, 0) is 42.0 Å². The van der Waals surface area contributed by atoms with E-state index in [9.17, 15) is 4.79 Å². The Kier molecular flexibility index (Phi) is 3.33. The van der Waals surface area contributed by atoms with E-state index in [0.29, 0.717) is 22.8 Å². The van der Waals surface area contributed by atoms with Crippen LogP contribution >= 0.6 is 27.5 Å². The predicted octanol–water partition coefficient (Wildman–Crippen LogP) is 4.27. The summed E-state index contributed by atoms with van der Waals surface area (Å²) >= 11 is 9.45. The molecule has 2 nitrogen and oxygen atoms in total. The predicted molar refractivity (Wildman–Crippen MR) is 78.2 cm³/mol. The second-order valence-corrected chi connectivity index (χ2v) is 5.70. The van der Waals surface area contributed by atoms with Gasteiger partial charge in [0.1, 0.15) is 5.75 Å². The summed E-state index contributed by atoms with van der Waals surface area (Å²) in [7, 11) is 0. The number of carbonyl (C=O) groups is 1. The van der Waals surface area contributed by atoms with Gasteiger partial charge in [0.15, 0.2) is 5.78 Å². The van der Waals surface area contributed by atoms with Gasteiger partial charge in [-0.25, -0.2) is 0 Å². The summed E-state index contributed by atoms with van der Waals surface area (Å²) < 4.78 is 6.29. The van der Waals surface area contributed by atoms with Gasteiger partial charge >= 0.3 is 0 Å². The van der Waals surface area contributed by atoms with Crippen molar-refractivity contribution < 1.29 is 9.53 Å². The third-order valence-corrected chi connectivity index (χ3v) is 3.93. The van der Waals surface area contributed by atoms with E-state index < -0.39 is 0 Å². The van der Waals surface area contributed by atoms with Crippen LogP contribution in [0.3, 0.4) is 0 Å². The maximum absolute atomic E-state index is 12.4. The van der Waals surface area contributed by atoms with Crippen molar-refractivity contribution in [3.63, 3.8) is 0 Å². The number of carbonyl (C=O) groups excluding carboxylic acids is 1. The Morgan fingerprint density at radius 3 is 2.84 bits per heavy atom. The second-order valence-electron chi connectivity index (χ2n) is 4.37. The Morgan fingerprint density at radius 1 is 1.21 bits per heavy atom. The minimum atomic E-state index is -0.0628. The molecule has 0 spiro atoms. The maximum atomic E-state index is 12.4. The number of rotatable bonds is 2. The molecule has 0 aliphatic carbocycles. The van der Waals surface area contributed by atoms with Gasteiger partial charge in [-0.3, -0.25) is 4.79 Å². The van der Waals surface area contributed by atoms with Crippen LogP contribution in [0.5, 0.6) is 5.75 Å². The lowest BCUT2D eigenvalue weighted by molar-refractivity contribution is 0.103. The van der Waals surface area contributed by atoms with Crippen LogP contribution in [0.1, 0.15) is 21.5 Å². The second kappa shape index (κ2) is 4.99. The molecule has 0 saturated heterocycles. The highest BCUT2D eigenvalue weighted by Gasteiger charge is 2.17. The molecular formula is C15H10BrClO2. The van der Waals surface area contributed by atoms with E-state index >= 15 is 0 Å². The molecule has 0 atom stereocenters. The Balaban J connectivity index is 2.00.